The maximum atomic E-state index is 11.8. The molecule has 0 spiro atoms. The largest absolute Gasteiger partial charge is 0.376 e. The maximum Gasteiger partial charge on any atom is 0.259 e. The van der Waals surface area contributed by atoms with Crippen LogP contribution in [0.5, 0.6) is 0 Å². The number of hydrogen-bond acceptors (Lipinski definition) is 3. The van der Waals surface area contributed by atoms with E-state index >= 15 is 0 Å². The van der Waals surface area contributed by atoms with Gasteiger partial charge in [-0.25, -0.2) is 5.43 Å². The number of carbonyl (C=O) groups is 1. The Morgan fingerprint density at radius 3 is 2.78 bits per heavy atom. The van der Waals surface area contributed by atoms with Crippen LogP contribution in [-0.4, -0.2) is 23.7 Å². The zero-order chi connectivity index (χ0) is 16.1. The molecule has 5 nitrogen and oxygen atoms in total. The monoisotopic (exact) mass is 326 g/mol. The highest BCUT2D eigenvalue weighted by Crippen LogP contribution is 2.15. The van der Waals surface area contributed by atoms with Gasteiger partial charge in [-0.2, -0.15) is 5.10 Å². The van der Waals surface area contributed by atoms with E-state index in [0.29, 0.717) is 5.02 Å². The Hall–Kier alpha value is -2.79. The third-order valence-corrected chi connectivity index (χ3v) is 3.56. The van der Waals surface area contributed by atoms with Gasteiger partial charge in [0, 0.05) is 33.4 Å². The average molecular weight is 327 g/mol. The topological polar surface area (TPSA) is 69.3 Å². The van der Waals surface area contributed by atoms with Crippen molar-refractivity contribution >= 4 is 40.3 Å². The predicted molar refractivity (Wildman–Crippen MR) is 94.0 cm³/mol. The van der Waals surface area contributed by atoms with Gasteiger partial charge in [-0.15, -0.1) is 0 Å². The lowest BCUT2D eigenvalue weighted by Crippen LogP contribution is -2.25. The zero-order valence-corrected chi connectivity index (χ0v) is 13.0. The van der Waals surface area contributed by atoms with Crippen LogP contribution in [0, 0.1) is 0 Å². The molecule has 1 amide bonds. The molecule has 0 radical (unpaired) electrons. The minimum absolute atomic E-state index is 0.132. The number of benzene rings is 2. The van der Waals surface area contributed by atoms with Crippen molar-refractivity contribution in [2.45, 2.75) is 0 Å². The number of nitrogens with one attached hydrogen (secondary N) is 3. The van der Waals surface area contributed by atoms with Crippen molar-refractivity contribution in [1.82, 2.24) is 10.4 Å². The van der Waals surface area contributed by atoms with Crippen LogP contribution in [0.2, 0.25) is 5.02 Å². The molecular formula is C17H15ClN4O. The molecule has 0 bridgehead atoms. The van der Waals surface area contributed by atoms with Gasteiger partial charge in [0.15, 0.2) is 0 Å². The van der Waals surface area contributed by atoms with Crippen LogP contribution in [0.15, 0.2) is 59.8 Å². The lowest BCUT2D eigenvalue weighted by molar-refractivity contribution is -0.119. The Kier molecular flexibility index (Phi) is 4.59. The third-order valence-electron chi connectivity index (χ3n) is 3.31. The SMILES string of the molecule is O=C(CNc1ccc(Cl)cc1)N/N=C/c1c[nH]c2ccccc12. The van der Waals surface area contributed by atoms with Gasteiger partial charge < -0.3 is 10.3 Å². The second kappa shape index (κ2) is 6.98. The summed E-state index contributed by atoms with van der Waals surface area (Å²) in [5, 5.41) is 8.69. The van der Waals surface area contributed by atoms with Crippen molar-refractivity contribution in [3.8, 4) is 0 Å². The van der Waals surface area contributed by atoms with Crippen molar-refractivity contribution in [3.05, 3.63) is 65.3 Å². The summed E-state index contributed by atoms with van der Waals surface area (Å²) in [5.74, 6) is -0.226. The van der Waals surface area contributed by atoms with E-state index in [4.69, 9.17) is 11.6 Å². The fourth-order valence-electron chi connectivity index (χ4n) is 2.16. The molecule has 2 aromatic carbocycles. The van der Waals surface area contributed by atoms with Crippen LogP contribution in [0.3, 0.4) is 0 Å². The van der Waals surface area contributed by atoms with Gasteiger partial charge in [-0.3, -0.25) is 4.79 Å². The fraction of sp³-hybridized carbons (Fsp3) is 0.0588. The highest BCUT2D eigenvalue weighted by molar-refractivity contribution is 6.30. The van der Waals surface area contributed by atoms with Crippen molar-refractivity contribution in [2.75, 3.05) is 11.9 Å². The number of carbonyl (C=O) groups excluding carboxylic acids is 1. The molecule has 0 saturated heterocycles. The van der Waals surface area contributed by atoms with E-state index in [2.05, 4.69) is 20.8 Å². The lowest BCUT2D eigenvalue weighted by Gasteiger charge is -2.04. The molecule has 0 unspecified atom stereocenters. The Morgan fingerprint density at radius 2 is 1.96 bits per heavy atom. The van der Waals surface area contributed by atoms with E-state index in [1.807, 2.05) is 42.6 Å². The van der Waals surface area contributed by atoms with Crippen LogP contribution in [0.1, 0.15) is 5.56 Å². The molecule has 3 N–H and O–H groups in total. The molecule has 6 heteroatoms. The Balaban J connectivity index is 1.53. The van der Waals surface area contributed by atoms with E-state index in [1.54, 1.807) is 18.3 Å². The molecular weight excluding hydrogens is 312 g/mol. The van der Waals surface area contributed by atoms with Crippen molar-refractivity contribution < 1.29 is 4.79 Å². The van der Waals surface area contributed by atoms with Gasteiger partial charge in [0.2, 0.25) is 0 Å². The van der Waals surface area contributed by atoms with Gasteiger partial charge in [-0.05, 0) is 30.3 Å². The third kappa shape index (κ3) is 3.90. The van der Waals surface area contributed by atoms with E-state index in [-0.39, 0.29) is 12.5 Å². The van der Waals surface area contributed by atoms with Gasteiger partial charge in [0.05, 0.1) is 12.8 Å². The first-order valence-corrected chi connectivity index (χ1v) is 7.47. The lowest BCUT2D eigenvalue weighted by atomic mass is 10.2. The number of H-pyrrole nitrogens is 1. The normalized spacial score (nSPS) is 11.0. The Labute approximate surface area is 138 Å². The maximum absolute atomic E-state index is 11.8. The van der Waals surface area contributed by atoms with Gasteiger partial charge in [0.25, 0.3) is 5.91 Å². The molecule has 1 aromatic heterocycles. The zero-order valence-electron chi connectivity index (χ0n) is 12.2. The average Bonchev–Trinajstić information content (AvgIpc) is 2.98. The Morgan fingerprint density at radius 1 is 1.17 bits per heavy atom. The summed E-state index contributed by atoms with van der Waals surface area (Å²) < 4.78 is 0. The molecule has 0 aliphatic rings. The molecule has 23 heavy (non-hydrogen) atoms. The number of amides is 1. The minimum atomic E-state index is -0.226. The highest BCUT2D eigenvalue weighted by Gasteiger charge is 2.01. The molecule has 116 valence electrons. The summed E-state index contributed by atoms with van der Waals surface area (Å²) in [4.78, 5) is 14.9. The summed E-state index contributed by atoms with van der Waals surface area (Å²) in [5.41, 5.74) is 5.27. The number of nitrogens with zero attached hydrogens (tertiary/aromatic N) is 1. The first kappa shape index (κ1) is 15.1. The van der Waals surface area contributed by atoms with Gasteiger partial charge in [-0.1, -0.05) is 29.8 Å². The molecule has 0 atom stereocenters. The molecule has 0 saturated carbocycles. The highest BCUT2D eigenvalue weighted by atomic mass is 35.5. The molecule has 0 fully saturated rings. The second-order valence-corrected chi connectivity index (χ2v) is 5.38. The van der Waals surface area contributed by atoms with E-state index in [9.17, 15) is 4.79 Å². The Bertz CT molecular complexity index is 839. The van der Waals surface area contributed by atoms with Crippen molar-refractivity contribution in [1.29, 1.82) is 0 Å². The standard InChI is InChI=1S/C17H15ClN4O/c18-13-5-7-14(8-6-13)19-11-17(23)22-21-10-12-9-20-16-4-2-1-3-15(12)16/h1-10,19-20H,11H2,(H,22,23)/b21-10+. The summed E-state index contributed by atoms with van der Waals surface area (Å²) >= 11 is 5.80. The molecule has 1 heterocycles. The number of hydrazone groups is 1. The van der Waals surface area contributed by atoms with Crippen molar-refractivity contribution in [3.63, 3.8) is 0 Å². The second-order valence-electron chi connectivity index (χ2n) is 4.94. The smallest absolute Gasteiger partial charge is 0.259 e. The minimum Gasteiger partial charge on any atom is -0.376 e. The van der Waals surface area contributed by atoms with E-state index in [1.165, 1.54) is 0 Å². The molecule has 0 aliphatic carbocycles. The first-order valence-electron chi connectivity index (χ1n) is 7.10. The number of hydrogen-bond donors (Lipinski definition) is 3. The van der Waals surface area contributed by atoms with Crippen LogP contribution in [0.25, 0.3) is 10.9 Å². The molecule has 3 rings (SSSR count). The van der Waals surface area contributed by atoms with Crippen LogP contribution in [-0.2, 0) is 4.79 Å². The van der Waals surface area contributed by atoms with Crippen LogP contribution in [0.4, 0.5) is 5.69 Å². The number of aromatic amines is 1. The summed E-state index contributed by atoms with van der Waals surface area (Å²) in [7, 11) is 0. The van der Waals surface area contributed by atoms with Gasteiger partial charge in [0.1, 0.15) is 0 Å². The van der Waals surface area contributed by atoms with E-state index < -0.39 is 0 Å². The quantitative estimate of drug-likeness (QED) is 0.497. The number of rotatable bonds is 5. The van der Waals surface area contributed by atoms with Gasteiger partial charge >= 0.3 is 0 Å². The number of aromatic nitrogens is 1. The summed E-state index contributed by atoms with van der Waals surface area (Å²) in [6.45, 7) is 0.132. The summed E-state index contributed by atoms with van der Waals surface area (Å²) in [6.07, 6.45) is 3.48. The van der Waals surface area contributed by atoms with Crippen LogP contribution < -0.4 is 10.7 Å². The van der Waals surface area contributed by atoms with E-state index in [0.717, 1.165) is 22.2 Å². The van der Waals surface area contributed by atoms with Crippen molar-refractivity contribution in [2.24, 2.45) is 5.10 Å². The number of halogens is 1. The number of fused-ring (bicyclic) bond motifs is 1. The predicted octanol–water partition coefficient (Wildman–Crippen LogP) is 3.38. The number of anilines is 1. The fourth-order valence-corrected chi connectivity index (χ4v) is 2.29. The molecule has 3 aromatic rings. The molecule has 0 aliphatic heterocycles. The first-order chi connectivity index (χ1) is 11.2. The summed E-state index contributed by atoms with van der Waals surface area (Å²) in [6, 6.07) is 15.0. The van der Waals surface area contributed by atoms with Crippen LogP contribution >= 0.6 is 11.6 Å². The number of para-hydroxylation sites is 1.